The Kier molecular flexibility index (Phi) is 6.41. The lowest BCUT2D eigenvalue weighted by Crippen LogP contribution is -2.27. The van der Waals surface area contributed by atoms with Crippen LogP contribution in [0.1, 0.15) is 42.7 Å². The van der Waals surface area contributed by atoms with Crippen molar-refractivity contribution in [2.24, 2.45) is 0 Å². The Morgan fingerprint density at radius 1 is 1.00 bits per heavy atom. The highest BCUT2D eigenvalue weighted by molar-refractivity contribution is 6.02. The van der Waals surface area contributed by atoms with Gasteiger partial charge in [0, 0.05) is 33.4 Å². The fraction of sp³-hybridized carbons (Fsp3) is 0.310. The van der Waals surface area contributed by atoms with Crippen LogP contribution in [0.25, 0.3) is 11.1 Å². The second-order valence-corrected chi connectivity index (χ2v) is 9.39. The van der Waals surface area contributed by atoms with Crippen molar-refractivity contribution >= 4 is 17.5 Å². The lowest BCUT2D eigenvalue weighted by atomic mass is 9.94. The predicted octanol–water partition coefficient (Wildman–Crippen LogP) is 5.24. The zero-order valence-electron chi connectivity index (χ0n) is 20.8. The molecule has 0 radical (unpaired) electrons. The van der Waals surface area contributed by atoms with Crippen molar-refractivity contribution in [2.45, 2.75) is 31.8 Å². The van der Waals surface area contributed by atoms with E-state index in [2.05, 4.69) is 5.32 Å². The van der Waals surface area contributed by atoms with Crippen molar-refractivity contribution < 1.29 is 25.2 Å². The zero-order chi connectivity index (χ0) is 25.3. The molecule has 3 aromatic carbocycles. The highest BCUT2D eigenvalue weighted by Gasteiger charge is 2.51. The smallest absolute Gasteiger partial charge is 0.253 e. The Bertz CT molecular complexity index is 1300. The predicted molar refractivity (Wildman–Crippen MR) is 139 cm³/mol. The maximum Gasteiger partial charge on any atom is 0.253 e. The molecule has 5 rings (SSSR count). The number of anilines is 1. The fourth-order valence-corrected chi connectivity index (χ4v) is 4.53. The Morgan fingerprint density at radius 3 is 2.44 bits per heavy atom. The maximum absolute atomic E-state index is 13.4. The molecule has 7 nitrogen and oxygen atoms in total. The van der Waals surface area contributed by atoms with Gasteiger partial charge in [-0.15, -0.1) is 0 Å². The molecule has 1 saturated carbocycles. The number of carbonyl (C=O) groups is 2. The van der Waals surface area contributed by atoms with Crippen molar-refractivity contribution in [1.82, 2.24) is 4.90 Å². The molecule has 0 aromatic heterocycles. The highest BCUT2D eigenvalue weighted by Crippen LogP contribution is 2.51. The quantitative estimate of drug-likeness (QED) is 0.469. The van der Waals surface area contributed by atoms with E-state index in [1.54, 1.807) is 19.0 Å². The second kappa shape index (κ2) is 9.66. The van der Waals surface area contributed by atoms with Crippen molar-refractivity contribution in [2.75, 3.05) is 32.8 Å². The Labute approximate surface area is 212 Å². The minimum Gasteiger partial charge on any atom is -0.454 e. The molecular weight excluding hydrogens is 456 g/mol. The Balaban J connectivity index is 0.00000320. The number of rotatable bonds is 8. The first-order valence-electron chi connectivity index (χ1n) is 12.2. The lowest BCUT2D eigenvalue weighted by molar-refractivity contribution is -0.118. The van der Waals surface area contributed by atoms with Crippen molar-refractivity contribution in [3.8, 4) is 22.6 Å². The van der Waals surface area contributed by atoms with Gasteiger partial charge in [-0.25, -0.2) is 0 Å². The third-order valence-corrected chi connectivity index (χ3v) is 6.79. The minimum absolute atomic E-state index is 0. The Hall–Kier alpha value is -3.84. The van der Waals surface area contributed by atoms with Gasteiger partial charge in [0.2, 0.25) is 12.7 Å². The summed E-state index contributed by atoms with van der Waals surface area (Å²) in [5.74, 6) is 1.32. The van der Waals surface area contributed by atoms with Crippen LogP contribution in [0.2, 0.25) is 0 Å². The highest BCUT2D eigenvalue weighted by atomic mass is 16.7. The average molecular weight is 489 g/mol. The molecule has 0 saturated heterocycles. The number of hydrogen-bond donors (Lipinski definition) is 1. The largest absolute Gasteiger partial charge is 0.454 e. The monoisotopic (exact) mass is 488 g/mol. The van der Waals surface area contributed by atoms with Crippen LogP contribution in [0.15, 0.2) is 60.7 Å². The van der Waals surface area contributed by atoms with Gasteiger partial charge in [0.15, 0.2) is 11.5 Å². The molecule has 0 bridgehead atoms. The Morgan fingerprint density at radius 2 is 1.75 bits per heavy atom. The van der Waals surface area contributed by atoms with Crippen LogP contribution in [0.4, 0.5) is 5.69 Å². The molecular formula is C29H32N2O5. The second-order valence-electron chi connectivity index (χ2n) is 9.39. The van der Waals surface area contributed by atoms with E-state index in [0.717, 1.165) is 40.8 Å². The molecule has 36 heavy (non-hydrogen) atoms. The normalized spacial score (nSPS) is 14.9. The van der Waals surface area contributed by atoms with Crippen LogP contribution in [0.3, 0.4) is 0 Å². The number of fused-ring (bicyclic) bond motifs is 1. The molecule has 1 fully saturated rings. The van der Waals surface area contributed by atoms with E-state index < -0.39 is 5.41 Å². The molecule has 0 atom stereocenters. The lowest BCUT2D eigenvalue weighted by Gasteiger charge is -2.18. The summed E-state index contributed by atoms with van der Waals surface area (Å²) >= 11 is 0. The van der Waals surface area contributed by atoms with Crippen molar-refractivity contribution in [3.05, 3.63) is 77.4 Å². The molecule has 3 aromatic rings. The fourth-order valence-electron chi connectivity index (χ4n) is 4.53. The van der Waals surface area contributed by atoms with E-state index in [9.17, 15) is 9.59 Å². The summed E-state index contributed by atoms with van der Waals surface area (Å²) in [6, 6.07) is 19.1. The SMILES string of the molecule is CCOCc1ccc(NC(=O)C2(c3ccc4c(c3)OCO4)CC2)cc1-c1ccc(C(=O)N(C)C)cc1.[HH]. The van der Waals surface area contributed by atoms with Crippen LogP contribution >= 0.6 is 0 Å². The molecule has 2 amide bonds. The van der Waals surface area contributed by atoms with Gasteiger partial charge in [-0.2, -0.15) is 0 Å². The van der Waals surface area contributed by atoms with Crippen LogP contribution in [0.5, 0.6) is 11.5 Å². The van der Waals surface area contributed by atoms with Gasteiger partial charge in [-0.05, 0) is 78.4 Å². The molecule has 1 aliphatic heterocycles. The zero-order valence-corrected chi connectivity index (χ0v) is 20.8. The molecule has 1 N–H and O–H groups in total. The maximum atomic E-state index is 13.4. The summed E-state index contributed by atoms with van der Waals surface area (Å²) in [6.45, 7) is 3.23. The van der Waals surface area contributed by atoms with Crippen molar-refractivity contribution in [3.63, 3.8) is 0 Å². The molecule has 188 valence electrons. The molecule has 2 aliphatic rings. The topological polar surface area (TPSA) is 77.1 Å². The summed E-state index contributed by atoms with van der Waals surface area (Å²) in [7, 11) is 3.47. The van der Waals surface area contributed by atoms with E-state index >= 15 is 0 Å². The summed E-state index contributed by atoms with van der Waals surface area (Å²) in [6.07, 6.45) is 1.57. The first-order chi connectivity index (χ1) is 17.4. The summed E-state index contributed by atoms with van der Waals surface area (Å²) in [4.78, 5) is 27.3. The van der Waals surface area contributed by atoms with Crippen LogP contribution in [-0.4, -0.2) is 44.2 Å². The van der Waals surface area contributed by atoms with Gasteiger partial charge in [0.25, 0.3) is 5.91 Å². The van der Waals surface area contributed by atoms with Crippen LogP contribution in [-0.2, 0) is 21.6 Å². The molecule has 1 aliphatic carbocycles. The number of hydrogen-bond acceptors (Lipinski definition) is 5. The first kappa shape index (κ1) is 23.9. The number of carbonyl (C=O) groups excluding carboxylic acids is 2. The number of nitrogens with one attached hydrogen (secondary N) is 1. The van der Waals surface area contributed by atoms with Gasteiger partial charge in [0.05, 0.1) is 12.0 Å². The van der Waals surface area contributed by atoms with Gasteiger partial charge >= 0.3 is 0 Å². The van der Waals surface area contributed by atoms with Gasteiger partial charge in [-0.3, -0.25) is 9.59 Å². The summed E-state index contributed by atoms with van der Waals surface area (Å²) in [5.41, 5.74) is 4.65. The van der Waals surface area contributed by atoms with Gasteiger partial charge in [0.1, 0.15) is 0 Å². The number of amides is 2. The molecule has 7 heteroatoms. The number of ether oxygens (including phenoxy) is 3. The van der Waals surface area contributed by atoms with Crippen LogP contribution in [0, 0.1) is 0 Å². The minimum atomic E-state index is -0.556. The molecule has 1 heterocycles. The first-order valence-corrected chi connectivity index (χ1v) is 12.2. The van der Waals surface area contributed by atoms with Crippen LogP contribution < -0.4 is 14.8 Å². The van der Waals surface area contributed by atoms with Gasteiger partial charge < -0.3 is 24.4 Å². The summed E-state index contributed by atoms with van der Waals surface area (Å²) in [5, 5.41) is 3.14. The molecule has 0 spiro atoms. The standard InChI is InChI=1S/C29H30N2O5.H2/c1-4-34-17-21-9-11-23(16-24(21)19-5-7-20(8-6-19)27(32)31(2)3)30-28(33)29(13-14-29)22-10-12-25-26(15-22)36-18-35-25;/h5-12,15-16H,4,13-14,17-18H2,1-3H3,(H,30,33);1H. The van der Waals surface area contributed by atoms with E-state index in [1.807, 2.05) is 67.6 Å². The molecule has 0 unspecified atom stereocenters. The van der Waals surface area contributed by atoms with Crippen molar-refractivity contribution in [1.29, 1.82) is 0 Å². The van der Waals surface area contributed by atoms with E-state index in [0.29, 0.717) is 30.3 Å². The van der Waals surface area contributed by atoms with E-state index in [4.69, 9.17) is 14.2 Å². The number of nitrogens with zero attached hydrogens (tertiary/aromatic N) is 1. The van der Waals surface area contributed by atoms with E-state index in [-0.39, 0.29) is 20.0 Å². The third kappa shape index (κ3) is 4.54. The third-order valence-electron chi connectivity index (χ3n) is 6.79. The average Bonchev–Trinajstić information content (AvgIpc) is 3.58. The van der Waals surface area contributed by atoms with Gasteiger partial charge in [-0.1, -0.05) is 24.3 Å². The summed E-state index contributed by atoms with van der Waals surface area (Å²) < 4.78 is 16.6. The number of benzene rings is 3. The van der Waals surface area contributed by atoms with E-state index in [1.165, 1.54) is 0 Å².